The van der Waals surface area contributed by atoms with Crippen LogP contribution in [0.3, 0.4) is 0 Å². The van der Waals surface area contributed by atoms with Gasteiger partial charge < -0.3 is 19.7 Å². The van der Waals surface area contributed by atoms with Crippen LogP contribution in [0.2, 0.25) is 0 Å². The van der Waals surface area contributed by atoms with Crippen molar-refractivity contribution >= 4 is 29.9 Å². The van der Waals surface area contributed by atoms with E-state index in [1.807, 2.05) is 19.2 Å². The first kappa shape index (κ1) is 23.7. The molecule has 2 heterocycles. The molecular formula is C23H35FIN3O2. The van der Waals surface area contributed by atoms with Crippen molar-refractivity contribution in [2.24, 2.45) is 4.99 Å². The zero-order valence-corrected chi connectivity index (χ0v) is 20.3. The summed E-state index contributed by atoms with van der Waals surface area (Å²) >= 11 is 0. The Balaban J connectivity index is 0.00000256. The van der Waals surface area contributed by atoms with E-state index in [-0.39, 0.29) is 41.3 Å². The first-order chi connectivity index (χ1) is 14.2. The minimum atomic E-state index is -0.0957. The molecule has 1 N–H and O–H groups in total. The van der Waals surface area contributed by atoms with Crippen LogP contribution in [0.5, 0.6) is 0 Å². The van der Waals surface area contributed by atoms with Gasteiger partial charge in [-0.2, -0.15) is 0 Å². The summed E-state index contributed by atoms with van der Waals surface area (Å²) < 4.78 is 26.1. The minimum absolute atomic E-state index is 0. The third kappa shape index (κ3) is 5.85. The molecule has 168 valence electrons. The van der Waals surface area contributed by atoms with E-state index in [1.165, 1.54) is 12.8 Å². The smallest absolute Gasteiger partial charge is 0.193 e. The minimum Gasteiger partial charge on any atom is -0.376 e. The molecule has 0 radical (unpaired) electrons. The van der Waals surface area contributed by atoms with Crippen LogP contribution in [0, 0.1) is 5.82 Å². The van der Waals surface area contributed by atoms with Crippen LogP contribution in [0.25, 0.3) is 0 Å². The summed E-state index contributed by atoms with van der Waals surface area (Å²) in [6.07, 6.45) is 8.21. The summed E-state index contributed by atoms with van der Waals surface area (Å²) in [5.74, 6) is 0.823. The lowest BCUT2D eigenvalue weighted by atomic mass is 9.95. The quantitative estimate of drug-likeness (QED) is 0.341. The third-order valence-corrected chi connectivity index (χ3v) is 6.63. The fourth-order valence-electron chi connectivity index (χ4n) is 4.58. The molecule has 1 unspecified atom stereocenters. The second-order valence-corrected chi connectivity index (χ2v) is 8.67. The maximum atomic E-state index is 14.2. The van der Waals surface area contributed by atoms with E-state index in [1.54, 1.807) is 12.1 Å². The number of aliphatic imine (C=N–C) groups is 1. The molecule has 2 aliphatic heterocycles. The number of benzene rings is 1. The average Bonchev–Trinajstić information content (AvgIpc) is 3.55. The van der Waals surface area contributed by atoms with Crippen molar-refractivity contribution in [1.82, 2.24) is 10.2 Å². The Labute approximate surface area is 196 Å². The average molecular weight is 531 g/mol. The summed E-state index contributed by atoms with van der Waals surface area (Å²) in [6, 6.07) is 7.17. The summed E-state index contributed by atoms with van der Waals surface area (Å²) in [6.45, 7) is 4.20. The SMILES string of the molecule is CN=C(NCC1(c2ccccc2F)CC1)N1CCC(OCC2CCCCO2)CC1.I. The van der Waals surface area contributed by atoms with Gasteiger partial charge in [0.2, 0.25) is 0 Å². The lowest BCUT2D eigenvalue weighted by molar-refractivity contribution is -0.0721. The molecule has 7 heteroatoms. The van der Waals surface area contributed by atoms with Gasteiger partial charge >= 0.3 is 0 Å². The maximum absolute atomic E-state index is 14.2. The standard InChI is InChI=1S/C23H34FN3O2.HI/c1-25-22(26-17-23(11-12-23)20-7-2-3-8-21(20)24)27-13-9-18(10-14-27)29-16-19-6-4-5-15-28-19;/h2-3,7-8,18-19H,4-6,9-17H2,1H3,(H,25,26);1H. The van der Waals surface area contributed by atoms with Crippen molar-refractivity contribution in [2.75, 3.05) is 39.9 Å². The molecule has 0 aromatic heterocycles. The normalized spacial score (nSPS) is 24.3. The molecule has 4 rings (SSSR count). The predicted octanol–water partition coefficient (Wildman–Crippen LogP) is 4.10. The highest BCUT2D eigenvalue weighted by Crippen LogP contribution is 2.48. The predicted molar refractivity (Wildman–Crippen MR) is 128 cm³/mol. The highest BCUT2D eigenvalue weighted by Gasteiger charge is 2.46. The fourth-order valence-corrected chi connectivity index (χ4v) is 4.58. The number of piperidine rings is 1. The van der Waals surface area contributed by atoms with Gasteiger partial charge in [-0.05, 0) is 56.6 Å². The van der Waals surface area contributed by atoms with Crippen LogP contribution in [-0.4, -0.2) is 63.0 Å². The molecule has 1 saturated carbocycles. The van der Waals surface area contributed by atoms with Gasteiger partial charge in [-0.3, -0.25) is 4.99 Å². The number of hydrogen-bond acceptors (Lipinski definition) is 3. The number of hydrogen-bond donors (Lipinski definition) is 1. The van der Waals surface area contributed by atoms with Gasteiger partial charge in [0.25, 0.3) is 0 Å². The number of rotatable bonds is 6. The Kier molecular flexibility index (Phi) is 8.77. The highest BCUT2D eigenvalue weighted by molar-refractivity contribution is 14.0. The highest BCUT2D eigenvalue weighted by atomic mass is 127. The van der Waals surface area contributed by atoms with Gasteiger partial charge in [0.05, 0.1) is 18.8 Å². The maximum Gasteiger partial charge on any atom is 0.193 e. The molecule has 3 fully saturated rings. The number of nitrogens with zero attached hydrogens (tertiary/aromatic N) is 2. The van der Waals surface area contributed by atoms with Gasteiger partial charge in [-0.1, -0.05) is 18.2 Å². The summed E-state index contributed by atoms with van der Waals surface area (Å²) in [5, 5.41) is 3.51. The first-order valence-corrected chi connectivity index (χ1v) is 11.1. The molecular weight excluding hydrogens is 496 g/mol. The molecule has 3 aliphatic rings. The van der Waals surface area contributed by atoms with Crippen LogP contribution in [0.4, 0.5) is 4.39 Å². The zero-order valence-electron chi connectivity index (χ0n) is 17.9. The molecule has 0 spiro atoms. The monoisotopic (exact) mass is 531 g/mol. The Morgan fingerprint density at radius 3 is 2.63 bits per heavy atom. The van der Waals surface area contributed by atoms with Gasteiger partial charge in [0.15, 0.2) is 5.96 Å². The topological polar surface area (TPSA) is 46.1 Å². The van der Waals surface area contributed by atoms with E-state index in [9.17, 15) is 4.39 Å². The first-order valence-electron chi connectivity index (χ1n) is 11.1. The largest absolute Gasteiger partial charge is 0.376 e. The fraction of sp³-hybridized carbons (Fsp3) is 0.696. The molecule has 1 aromatic carbocycles. The van der Waals surface area contributed by atoms with Crippen molar-refractivity contribution in [3.8, 4) is 0 Å². The number of halogens is 2. The number of guanidine groups is 1. The molecule has 2 saturated heterocycles. The molecule has 1 aromatic rings. The van der Waals surface area contributed by atoms with Crippen LogP contribution >= 0.6 is 24.0 Å². The van der Waals surface area contributed by atoms with Crippen molar-refractivity contribution in [1.29, 1.82) is 0 Å². The van der Waals surface area contributed by atoms with E-state index in [0.29, 0.717) is 6.10 Å². The van der Waals surface area contributed by atoms with Crippen molar-refractivity contribution in [2.45, 2.75) is 62.6 Å². The van der Waals surface area contributed by atoms with E-state index in [2.05, 4.69) is 15.2 Å². The van der Waals surface area contributed by atoms with Crippen molar-refractivity contribution in [3.05, 3.63) is 35.6 Å². The van der Waals surface area contributed by atoms with Crippen molar-refractivity contribution < 1.29 is 13.9 Å². The number of nitrogens with one attached hydrogen (secondary N) is 1. The van der Waals surface area contributed by atoms with Crippen LogP contribution in [-0.2, 0) is 14.9 Å². The number of likely N-dealkylation sites (tertiary alicyclic amines) is 1. The lowest BCUT2D eigenvalue weighted by Crippen LogP contribution is -2.48. The van der Waals surface area contributed by atoms with E-state index >= 15 is 0 Å². The van der Waals surface area contributed by atoms with Gasteiger partial charge in [-0.15, -0.1) is 24.0 Å². The third-order valence-electron chi connectivity index (χ3n) is 6.63. The van der Waals surface area contributed by atoms with Gasteiger partial charge in [0.1, 0.15) is 5.82 Å². The molecule has 1 aliphatic carbocycles. The molecule has 0 bridgehead atoms. The Morgan fingerprint density at radius 1 is 1.23 bits per heavy atom. The van der Waals surface area contributed by atoms with E-state index in [4.69, 9.17) is 9.47 Å². The molecule has 1 atom stereocenters. The molecule has 30 heavy (non-hydrogen) atoms. The summed E-state index contributed by atoms with van der Waals surface area (Å²) in [7, 11) is 1.83. The number of ether oxygens (including phenoxy) is 2. The van der Waals surface area contributed by atoms with Crippen molar-refractivity contribution in [3.63, 3.8) is 0 Å². The van der Waals surface area contributed by atoms with E-state index < -0.39 is 0 Å². The lowest BCUT2D eigenvalue weighted by Gasteiger charge is -2.35. The van der Waals surface area contributed by atoms with Crippen LogP contribution < -0.4 is 5.32 Å². The second kappa shape index (κ2) is 11.1. The second-order valence-electron chi connectivity index (χ2n) is 8.67. The molecule has 5 nitrogen and oxygen atoms in total. The van der Waals surface area contributed by atoms with Gasteiger partial charge in [0, 0.05) is 38.7 Å². The van der Waals surface area contributed by atoms with Gasteiger partial charge in [-0.25, -0.2) is 4.39 Å². The summed E-state index contributed by atoms with van der Waals surface area (Å²) in [4.78, 5) is 6.78. The Hall–Kier alpha value is -0.930. The summed E-state index contributed by atoms with van der Waals surface area (Å²) in [5.41, 5.74) is 0.753. The van der Waals surface area contributed by atoms with Crippen LogP contribution in [0.1, 0.15) is 50.5 Å². The molecule has 0 amide bonds. The Morgan fingerprint density at radius 2 is 2.00 bits per heavy atom. The van der Waals surface area contributed by atoms with E-state index in [0.717, 1.165) is 76.5 Å². The zero-order chi connectivity index (χ0) is 20.1. The van der Waals surface area contributed by atoms with Crippen LogP contribution in [0.15, 0.2) is 29.3 Å². The Bertz CT molecular complexity index is 699.